The number of rotatable bonds is 5. The van der Waals surface area contributed by atoms with Crippen LogP contribution in [-0.4, -0.2) is 34.0 Å². The van der Waals surface area contributed by atoms with Crippen LogP contribution in [0.3, 0.4) is 0 Å². The van der Waals surface area contributed by atoms with E-state index in [-0.39, 0.29) is 5.75 Å². The molecule has 7 nitrogen and oxygen atoms in total. The first kappa shape index (κ1) is 19.2. The number of amides is 1. The van der Waals surface area contributed by atoms with Crippen molar-refractivity contribution in [3.05, 3.63) is 78.0 Å². The minimum atomic E-state index is -0.404. The minimum absolute atomic E-state index is 0.0384. The number of aromatic amines is 1. The van der Waals surface area contributed by atoms with Gasteiger partial charge in [0.2, 0.25) is 0 Å². The van der Waals surface area contributed by atoms with E-state index in [1.807, 2.05) is 42.5 Å². The van der Waals surface area contributed by atoms with Crippen molar-refractivity contribution >= 4 is 22.4 Å². The van der Waals surface area contributed by atoms with Gasteiger partial charge in [-0.25, -0.2) is 5.43 Å². The van der Waals surface area contributed by atoms with E-state index in [9.17, 15) is 9.90 Å². The van der Waals surface area contributed by atoms with Gasteiger partial charge in [0.15, 0.2) is 11.5 Å². The molecule has 0 bridgehead atoms. The van der Waals surface area contributed by atoms with Crippen LogP contribution in [0.4, 0.5) is 0 Å². The summed E-state index contributed by atoms with van der Waals surface area (Å²) in [6, 6.07) is 20.6. The summed E-state index contributed by atoms with van der Waals surface area (Å²) in [6.45, 7) is 1.75. The summed E-state index contributed by atoms with van der Waals surface area (Å²) in [6.07, 6.45) is 0. The van der Waals surface area contributed by atoms with Crippen LogP contribution in [0.2, 0.25) is 0 Å². The van der Waals surface area contributed by atoms with Crippen molar-refractivity contribution in [2.45, 2.75) is 6.92 Å². The normalized spacial score (nSPS) is 11.5. The number of hydrazone groups is 1. The SMILES string of the molecule is COc1cc(/C(C)=N/NC(=O)c2cc(-c3cccc4ccccc34)n[nH]2)ccc1O. The number of ether oxygens (including phenoxy) is 1. The Bertz CT molecular complexity index is 1260. The lowest BCUT2D eigenvalue weighted by molar-refractivity contribution is 0.0950. The molecule has 0 fully saturated rings. The Morgan fingerprint density at radius 1 is 1.10 bits per heavy atom. The highest BCUT2D eigenvalue weighted by atomic mass is 16.5. The fourth-order valence-corrected chi connectivity index (χ4v) is 3.19. The zero-order chi connectivity index (χ0) is 21.1. The van der Waals surface area contributed by atoms with Crippen molar-refractivity contribution < 1.29 is 14.6 Å². The second kappa shape index (κ2) is 8.08. The van der Waals surface area contributed by atoms with E-state index in [0.717, 1.165) is 16.3 Å². The number of methoxy groups -OCH3 is 1. The van der Waals surface area contributed by atoms with Gasteiger partial charge in [-0.05, 0) is 42.0 Å². The largest absolute Gasteiger partial charge is 0.504 e. The van der Waals surface area contributed by atoms with Crippen molar-refractivity contribution in [2.75, 3.05) is 7.11 Å². The van der Waals surface area contributed by atoms with Gasteiger partial charge in [0, 0.05) is 11.1 Å². The smallest absolute Gasteiger partial charge is 0.289 e. The zero-order valence-electron chi connectivity index (χ0n) is 16.5. The lowest BCUT2D eigenvalue weighted by Gasteiger charge is -2.06. The molecule has 1 heterocycles. The number of aromatic nitrogens is 2. The molecule has 3 N–H and O–H groups in total. The minimum Gasteiger partial charge on any atom is -0.504 e. The third-order valence-corrected chi connectivity index (χ3v) is 4.81. The van der Waals surface area contributed by atoms with Crippen LogP contribution in [0, 0.1) is 0 Å². The number of hydrogen-bond acceptors (Lipinski definition) is 5. The average Bonchev–Trinajstić information content (AvgIpc) is 3.27. The Hall–Kier alpha value is -4.13. The maximum atomic E-state index is 12.5. The van der Waals surface area contributed by atoms with Crippen LogP contribution >= 0.6 is 0 Å². The summed E-state index contributed by atoms with van der Waals surface area (Å²) < 4.78 is 5.10. The fraction of sp³-hybridized carbons (Fsp3) is 0.0870. The molecule has 0 radical (unpaired) electrons. The molecule has 0 aliphatic heterocycles. The monoisotopic (exact) mass is 400 g/mol. The van der Waals surface area contributed by atoms with Crippen LogP contribution in [0.15, 0.2) is 71.8 Å². The first-order chi connectivity index (χ1) is 14.6. The molecule has 1 amide bonds. The van der Waals surface area contributed by atoms with Crippen molar-refractivity contribution in [3.63, 3.8) is 0 Å². The summed E-state index contributed by atoms with van der Waals surface area (Å²) in [5, 5.41) is 23.1. The number of phenols is 1. The van der Waals surface area contributed by atoms with E-state index in [4.69, 9.17) is 4.74 Å². The van der Waals surface area contributed by atoms with Gasteiger partial charge >= 0.3 is 0 Å². The Kier molecular flexibility index (Phi) is 5.17. The summed E-state index contributed by atoms with van der Waals surface area (Å²) in [5.41, 5.74) is 5.73. The standard InChI is InChI=1S/C23H20N4O3/c1-14(16-10-11-21(28)22(12-16)30-2)24-27-23(29)20-13-19(25-26-20)18-9-5-7-15-6-3-4-8-17(15)18/h3-13,28H,1-2H3,(H,25,26)(H,27,29)/b24-14+. The number of H-pyrrole nitrogens is 1. The van der Waals surface area contributed by atoms with Crippen molar-refractivity contribution in [2.24, 2.45) is 5.10 Å². The Morgan fingerprint density at radius 3 is 2.73 bits per heavy atom. The molecule has 0 unspecified atom stereocenters. The molecule has 4 rings (SSSR count). The van der Waals surface area contributed by atoms with Crippen LogP contribution in [-0.2, 0) is 0 Å². The predicted octanol–water partition coefficient (Wildman–Crippen LogP) is 4.10. The van der Waals surface area contributed by atoms with E-state index in [0.29, 0.717) is 28.4 Å². The summed E-state index contributed by atoms with van der Waals surface area (Å²) >= 11 is 0. The van der Waals surface area contributed by atoms with Crippen LogP contribution < -0.4 is 10.2 Å². The molecular weight excluding hydrogens is 380 g/mol. The van der Waals surface area contributed by atoms with E-state index in [1.165, 1.54) is 13.2 Å². The Morgan fingerprint density at radius 2 is 1.90 bits per heavy atom. The molecule has 7 heteroatoms. The number of carbonyl (C=O) groups excluding carboxylic acids is 1. The third kappa shape index (κ3) is 3.73. The van der Waals surface area contributed by atoms with Gasteiger partial charge in [-0.1, -0.05) is 42.5 Å². The highest BCUT2D eigenvalue weighted by molar-refractivity contribution is 6.01. The molecule has 0 aliphatic carbocycles. The molecule has 0 saturated heterocycles. The highest BCUT2D eigenvalue weighted by Crippen LogP contribution is 2.28. The average molecular weight is 400 g/mol. The van der Waals surface area contributed by atoms with Gasteiger partial charge in [0.25, 0.3) is 5.91 Å². The van der Waals surface area contributed by atoms with E-state index >= 15 is 0 Å². The van der Waals surface area contributed by atoms with Crippen molar-refractivity contribution in [3.8, 4) is 22.8 Å². The number of nitrogens with one attached hydrogen (secondary N) is 2. The summed E-state index contributed by atoms with van der Waals surface area (Å²) in [4.78, 5) is 12.5. The number of aromatic hydroxyl groups is 1. The zero-order valence-corrected chi connectivity index (χ0v) is 16.5. The topological polar surface area (TPSA) is 99.6 Å². The number of hydrogen-bond donors (Lipinski definition) is 3. The van der Waals surface area contributed by atoms with E-state index in [2.05, 4.69) is 20.7 Å². The van der Waals surface area contributed by atoms with Crippen molar-refractivity contribution in [1.82, 2.24) is 15.6 Å². The molecule has 1 aromatic heterocycles. The molecule has 3 aromatic carbocycles. The molecule has 0 atom stereocenters. The molecular formula is C23H20N4O3. The molecule has 4 aromatic rings. The lowest BCUT2D eigenvalue weighted by atomic mass is 10.0. The fourth-order valence-electron chi connectivity index (χ4n) is 3.19. The summed E-state index contributed by atoms with van der Waals surface area (Å²) in [5.74, 6) is -0.0303. The number of fused-ring (bicyclic) bond motifs is 1. The number of phenolic OH excluding ortho intramolecular Hbond substituents is 1. The second-order valence-electron chi connectivity index (χ2n) is 6.72. The van der Waals surface area contributed by atoms with Gasteiger partial charge in [-0.3, -0.25) is 9.89 Å². The van der Waals surface area contributed by atoms with Crippen LogP contribution in [0.5, 0.6) is 11.5 Å². The first-order valence-electron chi connectivity index (χ1n) is 9.32. The van der Waals surface area contributed by atoms with Crippen LogP contribution in [0.25, 0.3) is 22.0 Å². The van der Waals surface area contributed by atoms with Gasteiger partial charge in [0.05, 0.1) is 18.5 Å². The Labute approximate surface area is 173 Å². The van der Waals surface area contributed by atoms with Gasteiger partial charge < -0.3 is 9.84 Å². The molecule has 30 heavy (non-hydrogen) atoms. The van der Waals surface area contributed by atoms with E-state index in [1.54, 1.807) is 25.1 Å². The molecule has 150 valence electrons. The Balaban J connectivity index is 1.54. The van der Waals surface area contributed by atoms with Gasteiger partial charge in [-0.2, -0.15) is 10.2 Å². The van der Waals surface area contributed by atoms with E-state index < -0.39 is 5.91 Å². The number of nitrogens with zero attached hydrogens (tertiary/aromatic N) is 2. The quantitative estimate of drug-likeness (QED) is 0.347. The van der Waals surface area contributed by atoms with Gasteiger partial charge in [0.1, 0.15) is 5.69 Å². The second-order valence-corrected chi connectivity index (χ2v) is 6.72. The highest BCUT2D eigenvalue weighted by Gasteiger charge is 2.13. The number of benzene rings is 3. The maximum absolute atomic E-state index is 12.5. The third-order valence-electron chi connectivity index (χ3n) is 4.81. The maximum Gasteiger partial charge on any atom is 0.289 e. The summed E-state index contributed by atoms with van der Waals surface area (Å²) in [7, 11) is 1.47. The van der Waals surface area contributed by atoms with Crippen molar-refractivity contribution in [1.29, 1.82) is 0 Å². The first-order valence-corrected chi connectivity index (χ1v) is 9.32. The van der Waals surface area contributed by atoms with Crippen LogP contribution in [0.1, 0.15) is 23.0 Å². The molecule has 0 spiro atoms. The lowest BCUT2D eigenvalue weighted by Crippen LogP contribution is -2.19. The molecule has 0 saturated carbocycles. The van der Waals surface area contributed by atoms with Gasteiger partial charge in [-0.15, -0.1) is 0 Å². The molecule has 0 aliphatic rings. The predicted molar refractivity (Wildman–Crippen MR) is 116 cm³/mol. The number of carbonyl (C=O) groups is 1.